The summed E-state index contributed by atoms with van der Waals surface area (Å²) in [4.78, 5) is 4.23. The molecule has 0 bridgehead atoms. The van der Waals surface area contributed by atoms with E-state index in [9.17, 15) is 40.9 Å². The first-order valence-electron chi connectivity index (χ1n) is 17.4. The molecule has 6 aliphatic rings. The zero-order valence-electron chi connectivity index (χ0n) is 26.2. The predicted molar refractivity (Wildman–Crippen MR) is 164 cm³/mol. The van der Waals surface area contributed by atoms with Crippen LogP contribution >= 0.6 is 0 Å². The van der Waals surface area contributed by atoms with E-state index in [4.69, 9.17) is 9.47 Å². The topological polar surface area (TPSA) is 187 Å². The molecule has 2 saturated carbocycles. The molecule has 6 unspecified atom stereocenters. The average molecular weight is 708 g/mol. The maximum absolute atomic E-state index is 11.7. The summed E-state index contributed by atoms with van der Waals surface area (Å²) >= 11 is -0.685. The van der Waals surface area contributed by atoms with Crippen molar-refractivity contribution in [3.8, 4) is 0 Å². The van der Waals surface area contributed by atoms with Gasteiger partial charge >= 0.3 is 273 Å². The van der Waals surface area contributed by atoms with Crippen molar-refractivity contribution in [2.24, 2.45) is 23.7 Å². The quantitative estimate of drug-likeness (QED) is 0.131. The van der Waals surface area contributed by atoms with Crippen LogP contribution in [0.3, 0.4) is 0 Å². The second-order valence-electron chi connectivity index (χ2n) is 14.8. The third-order valence-corrected chi connectivity index (χ3v) is 14.8. The number of likely N-dealkylation sites (tertiary alicyclic amines) is 2. The van der Waals surface area contributed by atoms with Gasteiger partial charge in [0, 0.05) is 0 Å². The molecule has 4 aliphatic heterocycles. The molecular weight excluding hydrogens is 651 g/mol. The van der Waals surface area contributed by atoms with E-state index in [1.165, 1.54) is 0 Å². The summed E-state index contributed by atoms with van der Waals surface area (Å²) in [5.74, 6) is 1.57. The Morgan fingerprint density at radius 3 is 1.33 bits per heavy atom. The molecule has 16 atom stereocenters. The standard InChI is InChI=1S/C32H56N2O10Se/c35-15-23-27(39)25(33-9-7-19(13-33)17-3-1-5-21(37)11-17)29(41)31(43-23)45-32-30(42)26(28(40)24(16-36)44-32)34-10-8-20(14-34)18-4-2-6-22(38)12-18/h17-32,35-42H,1-16H2/t17?,18?,19?,20?,21?,22?,23-,24-,25+,26+,27+,28+,29-,30-,31+,32+/m1/s1. The van der Waals surface area contributed by atoms with Crippen molar-refractivity contribution in [3.05, 3.63) is 0 Å². The fraction of sp³-hybridized carbons (Fsp3) is 1.00. The SMILES string of the molecule is OC[C@H]1O[C@@H]([Se][C@@H]2O[C@H](CO)[C@H](O)[C@H](N3CCC(C4CCCC(O)C4)C3)[C@H]2O)[C@H](O)[C@@H](N2CCC(C3CCCC(O)C3)C2)[C@H]1O. The predicted octanol–water partition coefficient (Wildman–Crippen LogP) is -1.95. The molecule has 0 amide bonds. The minimum absolute atomic E-state index is 0.262. The summed E-state index contributed by atoms with van der Waals surface area (Å²) in [5, 5.41) is 85.0. The monoisotopic (exact) mass is 708 g/mol. The van der Waals surface area contributed by atoms with E-state index in [2.05, 4.69) is 9.80 Å². The van der Waals surface area contributed by atoms with Gasteiger partial charge in [0.05, 0.1) is 0 Å². The molecular formula is C32H56N2O10Se. The summed E-state index contributed by atoms with van der Waals surface area (Å²) in [6.07, 6.45) is 2.62. The van der Waals surface area contributed by atoms with E-state index < -0.39 is 86.9 Å². The van der Waals surface area contributed by atoms with Crippen LogP contribution in [0.2, 0.25) is 0 Å². The van der Waals surface area contributed by atoms with Gasteiger partial charge in [-0.2, -0.15) is 0 Å². The van der Waals surface area contributed by atoms with Crippen LogP contribution in [0.25, 0.3) is 0 Å². The van der Waals surface area contributed by atoms with Crippen molar-refractivity contribution in [1.29, 1.82) is 0 Å². The third-order valence-electron chi connectivity index (χ3n) is 12.0. The zero-order valence-corrected chi connectivity index (χ0v) is 28.0. The Bertz CT molecular complexity index is 884. The van der Waals surface area contributed by atoms with E-state index in [1.807, 2.05) is 0 Å². The van der Waals surface area contributed by atoms with Gasteiger partial charge in [0.25, 0.3) is 0 Å². The molecule has 4 heterocycles. The van der Waals surface area contributed by atoms with Crippen LogP contribution in [0.4, 0.5) is 0 Å². The van der Waals surface area contributed by atoms with E-state index in [1.54, 1.807) is 0 Å². The van der Waals surface area contributed by atoms with Crippen molar-refractivity contribution in [3.63, 3.8) is 0 Å². The van der Waals surface area contributed by atoms with E-state index in [0.717, 1.165) is 64.2 Å². The first-order valence-corrected chi connectivity index (χ1v) is 19.4. The molecule has 260 valence electrons. The van der Waals surface area contributed by atoms with Gasteiger partial charge in [-0.15, -0.1) is 0 Å². The molecule has 0 radical (unpaired) electrons. The first kappa shape index (κ1) is 34.9. The molecule has 0 aromatic carbocycles. The summed E-state index contributed by atoms with van der Waals surface area (Å²) in [5.41, 5.74) is 0. The number of aliphatic hydroxyl groups excluding tert-OH is 8. The Labute approximate surface area is 272 Å². The minimum atomic E-state index is -1.09. The van der Waals surface area contributed by atoms with Crippen LogP contribution < -0.4 is 0 Å². The van der Waals surface area contributed by atoms with Gasteiger partial charge in [-0.25, -0.2) is 0 Å². The van der Waals surface area contributed by atoms with Gasteiger partial charge in [0.15, 0.2) is 0 Å². The van der Waals surface area contributed by atoms with E-state index in [0.29, 0.717) is 49.9 Å². The number of aliphatic hydroxyl groups is 8. The first-order chi connectivity index (χ1) is 21.7. The van der Waals surface area contributed by atoms with Crippen LogP contribution in [0.5, 0.6) is 0 Å². The van der Waals surface area contributed by atoms with Crippen molar-refractivity contribution in [2.45, 2.75) is 135 Å². The normalized spacial score (nSPS) is 50.7. The Kier molecular flexibility index (Phi) is 11.9. The van der Waals surface area contributed by atoms with Gasteiger partial charge in [0.1, 0.15) is 0 Å². The summed E-state index contributed by atoms with van der Waals surface area (Å²) in [7, 11) is 0. The van der Waals surface area contributed by atoms with Crippen LogP contribution in [0, 0.1) is 23.7 Å². The number of ether oxygens (including phenoxy) is 2. The Hall–Kier alpha value is 0.0395. The molecule has 0 spiro atoms. The van der Waals surface area contributed by atoms with Gasteiger partial charge in [-0.1, -0.05) is 0 Å². The maximum atomic E-state index is 11.7. The number of nitrogens with zero attached hydrogens (tertiary/aromatic N) is 2. The molecule has 0 aromatic rings. The molecule has 8 N–H and O–H groups in total. The Morgan fingerprint density at radius 2 is 0.956 bits per heavy atom. The Morgan fingerprint density at radius 1 is 0.533 bits per heavy atom. The molecule has 6 fully saturated rings. The Balaban J connectivity index is 1.13. The van der Waals surface area contributed by atoms with Gasteiger partial charge in [-0.05, 0) is 0 Å². The zero-order chi connectivity index (χ0) is 31.8. The number of hydrogen-bond donors (Lipinski definition) is 8. The average Bonchev–Trinajstić information content (AvgIpc) is 3.71. The molecule has 45 heavy (non-hydrogen) atoms. The van der Waals surface area contributed by atoms with Crippen LogP contribution in [0.1, 0.15) is 64.2 Å². The van der Waals surface area contributed by atoms with Crippen molar-refractivity contribution in [1.82, 2.24) is 9.80 Å². The van der Waals surface area contributed by atoms with E-state index in [-0.39, 0.29) is 12.2 Å². The molecule has 0 aromatic heterocycles. The van der Waals surface area contributed by atoms with Crippen molar-refractivity contribution in [2.75, 3.05) is 39.4 Å². The van der Waals surface area contributed by atoms with Gasteiger partial charge in [0.2, 0.25) is 0 Å². The van der Waals surface area contributed by atoms with Crippen LogP contribution in [0.15, 0.2) is 0 Å². The van der Waals surface area contributed by atoms with Gasteiger partial charge < -0.3 is 0 Å². The summed E-state index contributed by atoms with van der Waals surface area (Å²) in [6, 6.07) is -1.30. The number of hydrogen-bond acceptors (Lipinski definition) is 12. The van der Waals surface area contributed by atoms with Gasteiger partial charge in [-0.3, -0.25) is 0 Å². The third kappa shape index (κ3) is 7.48. The molecule has 12 nitrogen and oxygen atoms in total. The van der Waals surface area contributed by atoms with Crippen LogP contribution in [-0.4, -0.2) is 176 Å². The second-order valence-corrected chi connectivity index (χ2v) is 17.3. The molecule has 4 saturated heterocycles. The molecule has 13 heteroatoms. The summed E-state index contributed by atoms with van der Waals surface area (Å²) in [6.45, 7) is 1.97. The van der Waals surface area contributed by atoms with Crippen molar-refractivity contribution >= 4 is 15.0 Å². The fourth-order valence-electron chi connectivity index (χ4n) is 9.56. The van der Waals surface area contributed by atoms with Crippen LogP contribution in [-0.2, 0) is 9.47 Å². The summed E-state index contributed by atoms with van der Waals surface area (Å²) < 4.78 is 12.2. The van der Waals surface area contributed by atoms with E-state index >= 15 is 0 Å². The number of rotatable bonds is 8. The fourth-order valence-corrected chi connectivity index (χ4v) is 12.3. The molecule has 2 aliphatic carbocycles. The van der Waals surface area contributed by atoms with Crippen molar-refractivity contribution < 1.29 is 50.3 Å². The second kappa shape index (κ2) is 15.3. The molecule has 6 rings (SSSR count).